The van der Waals surface area contributed by atoms with Crippen molar-refractivity contribution in [1.29, 1.82) is 0 Å². The lowest BCUT2D eigenvalue weighted by molar-refractivity contribution is -0.153. The van der Waals surface area contributed by atoms with Crippen LogP contribution in [0.2, 0.25) is 0 Å². The molecule has 34 heavy (non-hydrogen) atoms. The Kier molecular flexibility index (Phi) is 5.80. The van der Waals surface area contributed by atoms with Crippen molar-refractivity contribution in [3.05, 3.63) is 59.7 Å². The molecule has 7 nitrogen and oxygen atoms in total. The third-order valence-corrected chi connectivity index (χ3v) is 7.52. The molecule has 1 aliphatic heterocycles. The first-order valence-electron chi connectivity index (χ1n) is 12.0. The molecule has 2 fully saturated rings. The summed E-state index contributed by atoms with van der Waals surface area (Å²) in [7, 11) is 0. The van der Waals surface area contributed by atoms with Gasteiger partial charge in [0.05, 0.1) is 12.0 Å². The van der Waals surface area contributed by atoms with E-state index in [0.717, 1.165) is 17.5 Å². The average Bonchev–Trinajstić information content (AvgIpc) is 3.49. The third kappa shape index (κ3) is 4.27. The van der Waals surface area contributed by atoms with Gasteiger partial charge in [0.15, 0.2) is 0 Å². The van der Waals surface area contributed by atoms with Crippen molar-refractivity contribution in [1.82, 2.24) is 10.2 Å². The Morgan fingerprint density at radius 3 is 2.26 bits per heavy atom. The van der Waals surface area contributed by atoms with Gasteiger partial charge in [0.2, 0.25) is 5.91 Å². The summed E-state index contributed by atoms with van der Waals surface area (Å²) in [6, 6.07) is 15.5. The number of aliphatic carboxylic acids is 1. The fraction of sp³-hybridized carbons (Fsp3) is 0.444. The Hall–Kier alpha value is -3.35. The number of carboxylic acid groups (broad SMARTS) is 1. The Morgan fingerprint density at radius 2 is 1.68 bits per heavy atom. The Bertz CT molecular complexity index is 1080. The van der Waals surface area contributed by atoms with Crippen molar-refractivity contribution in [2.45, 2.75) is 56.5 Å². The molecular formula is C27H30N2O5. The number of carboxylic acids is 1. The van der Waals surface area contributed by atoms with Crippen molar-refractivity contribution in [3.63, 3.8) is 0 Å². The molecule has 2 N–H and O–H groups in total. The molecule has 0 radical (unpaired) electrons. The number of amides is 2. The van der Waals surface area contributed by atoms with Gasteiger partial charge in [0.1, 0.15) is 12.6 Å². The molecule has 3 aliphatic rings. The highest BCUT2D eigenvalue weighted by Crippen LogP contribution is 2.45. The van der Waals surface area contributed by atoms with Gasteiger partial charge >= 0.3 is 12.1 Å². The van der Waals surface area contributed by atoms with Gasteiger partial charge in [-0.3, -0.25) is 4.79 Å². The number of carbonyl (C=O) groups is 3. The highest BCUT2D eigenvalue weighted by atomic mass is 16.5. The normalized spacial score (nSPS) is 22.4. The van der Waals surface area contributed by atoms with Crippen LogP contribution >= 0.6 is 0 Å². The van der Waals surface area contributed by atoms with Gasteiger partial charge in [-0.1, -0.05) is 55.5 Å². The van der Waals surface area contributed by atoms with E-state index in [2.05, 4.69) is 29.6 Å². The summed E-state index contributed by atoms with van der Waals surface area (Å²) in [5.74, 6) is -0.925. The van der Waals surface area contributed by atoms with Crippen LogP contribution < -0.4 is 5.32 Å². The molecule has 0 bridgehead atoms. The Balaban J connectivity index is 1.20. The first-order chi connectivity index (χ1) is 16.4. The lowest BCUT2D eigenvalue weighted by Crippen LogP contribution is -2.52. The minimum Gasteiger partial charge on any atom is -0.480 e. The lowest BCUT2D eigenvalue weighted by atomic mass is 9.92. The molecule has 5 rings (SSSR count). The second-order valence-corrected chi connectivity index (χ2v) is 9.98. The number of piperidine rings is 1. The van der Waals surface area contributed by atoms with Gasteiger partial charge in [-0.05, 0) is 53.9 Å². The van der Waals surface area contributed by atoms with E-state index in [4.69, 9.17) is 4.74 Å². The summed E-state index contributed by atoms with van der Waals surface area (Å²) in [5, 5.41) is 12.5. The van der Waals surface area contributed by atoms with Crippen molar-refractivity contribution in [2.24, 2.45) is 5.92 Å². The molecule has 0 spiro atoms. The molecule has 2 amide bonds. The summed E-state index contributed by atoms with van der Waals surface area (Å²) >= 11 is 0. The number of alkyl carbamates (subject to hydrolysis) is 1. The van der Waals surface area contributed by atoms with Gasteiger partial charge in [-0.25, -0.2) is 9.59 Å². The molecule has 1 saturated heterocycles. The second kappa shape index (κ2) is 8.78. The Morgan fingerprint density at radius 1 is 1.06 bits per heavy atom. The van der Waals surface area contributed by atoms with Crippen molar-refractivity contribution >= 4 is 18.0 Å². The Labute approximate surface area is 199 Å². The number of benzene rings is 2. The van der Waals surface area contributed by atoms with Crippen LogP contribution in [0, 0.1) is 5.92 Å². The molecule has 2 atom stereocenters. The predicted octanol–water partition coefficient (Wildman–Crippen LogP) is 4.16. The number of rotatable bonds is 6. The van der Waals surface area contributed by atoms with E-state index in [0.29, 0.717) is 25.8 Å². The van der Waals surface area contributed by atoms with Gasteiger partial charge in [0.25, 0.3) is 0 Å². The number of fused-ring (bicyclic) bond motifs is 3. The molecule has 2 aromatic carbocycles. The summed E-state index contributed by atoms with van der Waals surface area (Å²) in [5.41, 5.74) is 3.99. The zero-order chi connectivity index (χ0) is 23.9. The minimum atomic E-state index is -0.964. The van der Waals surface area contributed by atoms with E-state index in [1.807, 2.05) is 31.2 Å². The van der Waals surface area contributed by atoms with E-state index in [1.54, 1.807) is 0 Å². The van der Waals surface area contributed by atoms with Crippen LogP contribution in [-0.2, 0) is 14.3 Å². The van der Waals surface area contributed by atoms with Crippen LogP contribution in [0.1, 0.15) is 56.1 Å². The molecule has 1 saturated carbocycles. The highest BCUT2D eigenvalue weighted by Gasteiger charge is 2.48. The molecule has 2 aliphatic carbocycles. The van der Waals surface area contributed by atoms with Crippen LogP contribution in [0.4, 0.5) is 4.79 Å². The molecular weight excluding hydrogens is 432 g/mol. The topological polar surface area (TPSA) is 95.9 Å². The summed E-state index contributed by atoms with van der Waals surface area (Å²) in [6.07, 6.45) is 2.20. The number of carbonyl (C=O) groups excluding carboxylic acids is 2. The maximum absolute atomic E-state index is 13.0. The van der Waals surface area contributed by atoms with Crippen LogP contribution in [-0.4, -0.2) is 52.7 Å². The van der Waals surface area contributed by atoms with Crippen molar-refractivity contribution < 1.29 is 24.2 Å². The third-order valence-electron chi connectivity index (χ3n) is 7.52. The van der Waals surface area contributed by atoms with E-state index in [-0.39, 0.29) is 30.8 Å². The molecule has 2 unspecified atom stereocenters. The van der Waals surface area contributed by atoms with Crippen molar-refractivity contribution in [3.8, 4) is 11.1 Å². The standard InChI is InChI=1S/C27H30N2O5/c1-17-10-13-29(23(14-17)25(31)32)24(30)15-27(11-12-27)28-26(33)34-16-22-20-8-4-2-6-18(20)19-7-3-5-9-21(19)22/h2-9,17,22-23H,10-16H2,1H3,(H,28,33)(H,31,32). The first kappa shape index (κ1) is 22.4. The molecule has 0 aromatic heterocycles. The number of likely N-dealkylation sites (tertiary alicyclic amines) is 1. The highest BCUT2D eigenvalue weighted by molar-refractivity contribution is 5.85. The average molecular weight is 463 g/mol. The van der Waals surface area contributed by atoms with Crippen LogP contribution in [0.3, 0.4) is 0 Å². The van der Waals surface area contributed by atoms with Gasteiger partial charge in [-0.2, -0.15) is 0 Å². The number of nitrogens with one attached hydrogen (secondary N) is 1. The van der Waals surface area contributed by atoms with Crippen LogP contribution in [0.15, 0.2) is 48.5 Å². The fourth-order valence-electron chi connectivity index (χ4n) is 5.41. The maximum Gasteiger partial charge on any atom is 0.407 e. The molecule has 2 aromatic rings. The van der Waals surface area contributed by atoms with Gasteiger partial charge < -0.3 is 20.1 Å². The lowest BCUT2D eigenvalue weighted by Gasteiger charge is -2.36. The van der Waals surface area contributed by atoms with Crippen LogP contribution in [0.25, 0.3) is 11.1 Å². The van der Waals surface area contributed by atoms with E-state index >= 15 is 0 Å². The van der Waals surface area contributed by atoms with E-state index < -0.39 is 23.6 Å². The van der Waals surface area contributed by atoms with Gasteiger partial charge in [0, 0.05) is 12.5 Å². The second-order valence-electron chi connectivity index (χ2n) is 9.98. The molecule has 1 heterocycles. The number of hydrogen-bond acceptors (Lipinski definition) is 4. The zero-order valence-electron chi connectivity index (χ0n) is 19.3. The SMILES string of the molecule is CC1CCN(C(=O)CC2(NC(=O)OCC3c4ccccc4-c4ccccc43)CC2)C(C(=O)O)C1. The number of hydrogen-bond donors (Lipinski definition) is 2. The van der Waals surface area contributed by atoms with Gasteiger partial charge in [-0.15, -0.1) is 0 Å². The zero-order valence-corrected chi connectivity index (χ0v) is 19.3. The fourth-order valence-corrected chi connectivity index (χ4v) is 5.41. The minimum absolute atomic E-state index is 0.0263. The predicted molar refractivity (Wildman–Crippen MR) is 126 cm³/mol. The quantitative estimate of drug-likeness (QED) is 0.672. The number of ether oxygens (including phenoxy) is 1. The smallest absolute Gasteiger partial charge is 0.407 e. The molecule has 178 valence electrons. The first-order valence-corrected chi connectivity index (χ1v) is 12.0. The number of nitrogens with zero attached hydrogens (tertiary/aromatic N) is 1. The largest absolute Gasteiger partial charge is 0.480 e. The van der Waals surface area contributed by atoms with Crippen molar-refractivity contribution in [2.75, 3.05) is 13.2 Å². The summed E-state index contributed by atoms with van der Waals surface area (Å²) in [4.78, 5) is 38.8. The maximum atomic E-state index is 13.0. The van der Waals surface area contributed by atoms with E-state index in [1.165, 1.54) is 16.0 Å². The molecule has 7 heteroatoms. The summed E-state index contributed by atoms with van der Waals surface area (Å²) < 4.78 is 5.65. The van der Waals surface area contributed by atoms with E-state index in [9.17, 15) is 19.5 Å². The monoisotopic (exact) mass is 462 g/mol. The van der Waals surface area contributed by atoms with Crippen LogP contribution in [0.5, 0.6) is 0 Å². The summed E-state index contributed by atoms with van der Waals surface area (Å²) in [6.45, 7) is 2.67.